The van der Waals surface area contributed by atoms with Gasteiger partial charge in [0.15, 0.2) is 0 Å². The number of carbonyl (C=O) groups is 1. The zero-order chi connectivity index (χ0) is 12.3. The van der Waals surface area contributed by atoms with Gasteiger partial charge in [-0.25, -0.2) is 0 Å². The Hall–Kier alpha value is -1.06. The molecule has 1 atom stereocenters. The molecule has 4 heteroatoms. The van der Waals surface area contributed by atoms with Gasteiger partial charge in [-0.05, 0) is 56.1 Å². The van der Waals surface area contributed by atoms with Crippen LogP contribution in [0, 0.1) is 12.8 Å². The molecule has 0 saturated carbocycles. The Morgan fingerprint density at radius 1 is 1.59 bits per heavy atom. The second-order valence-corrected chi connectivity index (χ2v) is 4.94. The minimum atomic E-state index is -0.0170. The number of carbonyl (C=O) groups excluding carboxylic acids is 1. The van der Waals surface area contributed by atoms with Crippen LogP contribution in [0.5, 0.6) is 0 Å². The fourth-order valence-corrected chi connectivity index (χ4v) is 2.13. The highest BCUT2D eigenvalue weighted by Crippen LogP contribution is 2.16. The lowest BCUT2D eigenvalue weighted by molar-refractivity contribution is 0.0948. The summed E-state index contributed by atoms with van der Waals surface area (Å²) < 4.78 is 0. The SMILES string of the molecule is Cc1cc(C(=O)NC[C@@H]2CCNC2)ccc1Cl. The third-order valence-corrected chi connectivity index (χ3v) is 3.56. The summed E-state index contributed by atoms with van der Waals surface area (Å²) in [6.45, 7) is 4.70. The quantitative estimate of drug-likeness (QED) is 0.864. The predicted molar refractivity (Wildman–Crippen MR) is 69.5 cm³/mol. The van der Waals surface area contributed by atoms with Crippen molar-refractivity contribution in [1.82, 2.24) is 10.6 Å². The van der Waals surface area contributed by atoms with Gasteiger partial charge in [-0.2, -0.15) is 0 Å². The van der Waals surface area contributed by atoms with E-state index in [1.807, 2.05) is 13.0 Å². The van der Waals surface area contributed by atoms with Gasteiger partial charge in [-0.15, -0.1) is 0 Å². The fraction of sp³-hybridized carbons (Fsp3) is 0.462. The summed E-state index contributed by atoms with van der Waals surface area (Å²) in [6, 6.07) is 5.35. The van der Waals surface area contributed by atoms with Gasteiger partial charge in [0.05, 0.1) is 0 Å². The molecule has 1 saturated heterocycles. The van der Waals surface area contributed by atoms with Crippen molar-refractivity contribution in [3.05, 3.63) is 34.3 Å². The number of hydrogen-bond acceptors (Lipinski definition) is 2. The number of halogens is 1. The van der Waals surface area contributed by atoms with Gasteiger partial charge in [0, 0.05) is 17.1 Å². The van der Waals surface area contributed by atoms with Crippen molar-refractivity contribution in [2.45, 2.75) is 13.3 Å². The van der Waals surface area contributed by atoms with Gasteiger partial charge in [0.25, 0.3) is 5.91 Å². The van der Waals surface area contributed by atoms with E-state index in [-0.39, 0.29) is 5.91 Å². The molecular formula is C13H17ClN2O. The summed E-state index contributed by atoms with van der Waals surface area (Å²) in [5.74, 6) is 0.545. The summed E-state index contributed by atoms with van der Waals surface area (Å²) in [4.78, 5) is 11.9. The van der Waals surface area contributed by atoms with Crippen molar-refractivity contribution in [2.75, 3.05) is 19.6 Å². The fourth-order valence-electron chi connectivity index (χ4n) is 2.01. The second-order valence-electron chi connectivity index (χ2n) is 4.53. The molecular weight excluding hydrogens is 236 g/mol. The number of rotatable bonds is 3. The van der Waals surface area contributed by atoms with Crippen molar-refractivity contribution in [3.63, 3.8) is 0 Å². The number of benzene rings is 1. The molecule has 17 heavy (non-hydrogen) atoms. The van der Waals surface area contributed by atoms with Crippen LogP contribution in [0.2, 0.25) is 5.02 Å². The summed E-state index contributed by atoms with van der Waals surface area (Å²) in [5.41, 5.74) is 1.61. The number of hydrogen-bond donors (Lipinski definition) is 2. The van der Waals surface area contributed by atoms with E-state index in [2.05, 4.69) is 10.6 Å². The Labute approximate surface area is 107 Å². The normalized spacial score (nSPS) is 19.3. The highest BCUT2D eigenvalue weighted by molar-refractivity contribution is 6.31. The van der Waals surface area contributed by atoms with Gasteiger partial charge >= 0.3 is 0 Å². The van der Waals surface area contributed by atoms with Crippen LogP contribution in [0.15, 0.2) is 18.2 Å². The molecule has 1 amide bonds. The highest BCUT2D eigenvalue weighted by Gasteiger charge is 2.15. The first-order valence-electron chi connectivity index (χ1n) is 5.92. The van der Waals surface area contributed by atoms with Crippen LogP contribution in [0.25, 0.3) is 0 Å². The Kier molecular flexibility index (Phi) is 4.02. The maximum absolute atomic E-state index is 11.9. The molecule has 1 aliphatic heterocycles. The van der Waals surface area contributed by atoms with E-state index in [1.165, 1.54) is 0 Å². The summed E-state index contributed by atoms with van der Waals surface area (Å²) in [6.07, 6.45) is 1.14. The van der Waals surface area contributed by atoms with E-state index in [0.29, 0.717) is 16.5 Å². The van der Waals surface area contributed by atoms with Gasteiger partial charge in [-0.1, -0.05) is 11.6 Å². The van der Waals surface area contributed by atoms with E-state index >= 15 is 0 Å². The monoisotopic (exact) mass is 252 g/mol. The van der Waals surface area contributed by atoms with Gasteiger partial charge in [0.1, 0.15) is 0 Å². The smallest absolute Gasteiger partial charge is 0.251 e. The molecule has 2 rings (SSSR count). The number of amides is 1. The Balaban J connectivity index is 1.92. The van der Waals surface area contributed by atoms with Crippen molar-refractivity contribution in [1.29, 1.82) is 0 Å². The van der Waals surface area contributed by atoms with Crippen LogP contribution in [-0.4, -0.2) is 25.5 Å². The first-order chi connectivity index (χ1) is 8.16. The zero-order valence-corrected chi connectivity index (χ0v) is 10.7. The van der Waals surface area contributed by atoms with Crippen LogP contribution in [-0.2, 0) is 0 Å². The Morgan fingerprint density at radius 3 is 3.06 bits per heavy atom. The van der Waals surface area contributed by atoms with Crippen LogP contribution < -0.4 is 10.6 Å². The highest BCUT2D eigenvalue weighted by atomic mass is 35.5. The third-order valence-electron chi connectivity index (χ3n) is 3.13. The van der Waals surface area contributed by atoms with Crippen LogP contribution in [0.4, 0.5) is 0 Å². The average Bonchev–Trinajstić information content (AvgIpc) is 2.82. The lowest BCUT2D eigenvalue weighted by Crippen LogP contribution is -2.30. The Bertz CT molecular complexity index is 414. The Morgan fingerprint density at radius 2 is 2.41 bits per heavy atom. The molecule has 0 aromatic heterocycles. The van der Waals surface area contributed by atoms with E-state index in [1.54, 1.807) is 12.1 Å². The number of nitrogens with one attached hydrogen (secondary N) is 2. The first kappa shape index (κ1) is 12.4. The van der Waals surface area contributed by atoms with Gasteiger partial charge in [0.2, 0.25) is 0 Å². The lowest BCUT2D eigenvalue weighted by Gasteiger charge is -2.10. The summed E-state index contributed by atoms with van der Waals surface area (Å²) >= 11 is 5.93. The molecule has 0 bridgehead atoms. The molecule has 0 radical (unpaired) electrons. The van der Waals surface area contributed by atoms with Crippen LogP contribution in [0.3, 0.4) is 0 Å². The third kappa shape index (κ3) is 3.20. The molecule has 0 unspecified atom stereocenters. The molecule has 1 aliphatic rings. The molecule has 1 aromatic carbocycles. The zero-order valence-electron chi connectivity index (χ0n) is 9.92. The van der Waals surface area contributed by atoms with Crippen molar-refractivity contribution in [2.24, 2.45) is 5.92 Å². The molecule has 1 fully saturated rings. The molecule has 1 aromatic rings. The minimum absolute atomic E-state index is 0.0170. The molecule has 1 heterocycles. The van der Waals surface area contributed by atoms with Crippen LogP contribution in [0.1, 0.15) is 22.3 Å². The van der Waals surface area contributed by atoms with Crippen molar-refractivity contribution >= 4 is 17.5 Å². The molecule has 0 spiro atoms. The molecule has 0 aliphatic carbocycles. The maximum Gasteiger partial charge on any atom is 0.251 e. The van der Waals surface area contributed by atoms with Crippen molar-refractivity contribution < 1.29 is 4.79 Å². The maximum atomic E-state index is 11.9. The first-order valence-corrected chi connectivity index (χ1v) is 6.29. The van der Waals surface area contributed by atoms with Crippen molar-refractivity contribution in [3.8, 4) is 0 Å². The molecule has 2 N–H and O–H groups in total. The predicted octanol–water partition coefficient (Wildman–Crippen LogP) is 1.99. The summed E-state index contributed by atoms with van der Waals surface area (Å²) in [5, 5.41) is 6.95. The number of aryl methyl sites for hydroxylation is 1. The van der Waals surface area contributed by atoms with Gasteiger partial charge in [-0.3, -0.25) is 4.79 Å². The van der Waals surface area contributed by atoms with E-state index in [9.17, 15) is 4.79 Å². The lowest BCUT2D eigenvalue weighted by atomic mass is 10.1. The largest absolute Gasteiger partial charge is 0.352 e. The van der Waals surface area contributed by atoms with E-state index in [0.717, 1.165) is 31.6 Å². The van der Waals surface area contributed by atoms with Crippen LogP contribution >= 0.6 is 11.6 Å². The standard InChI is InChI=1S/C13H17ClN2O/c1-9-6-11(2-3-12(9)14)13(17)16-8-10-4-5-15-7-10/h2-3,6,10,15H,4-5,7-8H2,1H3,(H,16,17)/t10-/m1/s1. The topological polar surface area (TPSA) is 41.1 Å². The summed E-state index contributed by atoms with van der Waals surface area (Å²) in [7, 11) is 0. The molecule has 92 valence electrons. The van der Waals surface area contributed by atoms with E-state index in [4.69, 9.17) is 11.6 Å². The van der Waals surface area contributed by atoms with E-state index < -0.39 is 0 Å². The second kappa shape index (κ2) is 5.52. The molecule has 3 nitrogen and oxygen atoms in total. The minimum Gasteiger partial charge on any atom is -0.352 e. The average molecular weight is 253 g/mol. The van der Waals surface area contributed by atoms with Gasteiger partial charge < -0.3 is 10.6 Å².